The molecule has 0 saturated heterocycles. The van der Waals surface area contributed by atoms with Crippen LogP contribution in [0, 0.1) is 0 Å². The van der Waals surface area contributed by atoms with Gasteiger partial charge in [-0.1, -0.05) is 0 Å². The number of halogens is 3. The highest BCUT2D eigenvalue weighted by molar-refractivity contribution is 7.16. The highest BCUT2D eigenvalue weighted by Crippen LogP contribution is 2.31. The average molecular weight is 471 g/mol. The number of esters is 1. The molecule has 0 spiro atoms. The first-order valence-corrected chi connectivity index (χ1v) is 10.0. The Hall–Kier alpha value is -3.61. The number of hydrogen-bond acceptors (Lipinski definition) is 8. The summed E-state index contributed by atoms with van der Waals surface area (Å²) in [5.41, 5.74) is -0.860. The predicted molar refractivity (Wildman–Crippen MR) is 109 cm³/mol. The van der Waals surface area contributed by atoms with Gasteiger partial charge in [-0.3, -0.25) is 10.1 Å². The van der Waals surface area contributed by atoms with Crippen LogP contribution in [-0.2, 0) is 9.47 Å². The average Bonchev–Trinajstić information content (AvgIpc) is 3.12. The summed E-state index contributed by atoms with van der Waals surface area (Å²) < 4.78 is 51.7. The lowest BCUT2D eigenvalue weighted by molar-refractivity contribution is -0.274. The molecule has 0 aliphatic carbocycles. The molecule has 0 fully saturated rings. The van der Waals surface area contributed by atoms with Crippen LogP contribution in [0.2, 0.25) is 0 Å². The van der Waals surface area contributed by atoms with E-state index in [2.05, 4.69) is 15.2 Å². The summed E-state index contributed by atoms with van der Waals surface area (Å²) in [6, 6.07) is 4.33. The Bertz CT molecular complexity index is 1200. The summed E-state index contributed by atoms with van der Waals surface area (Å²) in [5.74, 6) is -1.31. The van der Waals surface area contributed by atoms with Crippen molar-refractivity contribution >= 4 is 39.2 Å². The number of rotatable bonds is 6. The Morgan fingerprint density at radius 1 is 1.12 bits per heavy atom. The second-order valence-electron chi connectivity index (χ2n) is 6.03. The second-order valence-corrected chi connectivity index (χ2v) is 6.91. The summed E-state index contributed by atoms with van der Waals surface area (Å²) in [7, 11) is 0. The van der Waals surface area contributed by atoms with Gasteiger partial charge in [0.15, 0.2) is 5.69 Å². The molecule has 1 N–H and O–H groups in total. The highest BCUT2D eigenvalue weighted by atomic mass is 32.1. The van der Waals surface area contributed by atoms with Crippen molar-refractivity contribution in [2.75, 3.05) is 18.5 Å². The van der Waals surface area contributed by atoms with Crippen LogP contribution >= 0.6 is 11.3 Å². The van der Waals surface area contributed by atoms with Crippen LogP contribution in [0.15, 0.2) is 34.4 Å². The molecule has 170 valence electrons. The number of anilines is 1. The Morgan fingerprint density at radius 2 is 1.78 bits per heavy atom. The predicted octanol–water partition coefficient (Wildman–Crippen LogP) is 4.09. The van der Waals surface area contributed by atoms with Crippen molar-refractivity contribution in [2.24, 2.45) is 0 Å². The first-order valence-electron chi connectivity index (χ1n) is 9.16. The fraction of sp³-hybridized carbons (Fsp3) is 0.263. The lowest BCUT2D eigenvalue weighted by atomic mass is 10.2. The zero-order chi connectivity index (χ0) is 23.5. The van der Waals surface area contributed by atoms with Gasteiger partial charge >= 0.3 is 18.4 Å². The van der Waals surface area contributed by atoms with Crippen molar-refractivity contribution in [3.63, 3.8) is 0 Å². The summed E-state index contributed by atoms with van der Waals surface area (Å²) in [6.45, 7) is 3.34. The van der Waals surface area contributed by atoms with Gasteiger partial charge in [-0.15, -0.1) is 24.5 Å². The van der Waals surface area contributed by atoms with Crippen molar-refractivity contribution in [2.45, 2.75) is 20.2 Å². The number of fused-ring (bicyclic) bond motifs is 1. The molecule has 3 rings (SSSR count). The van der Waals surface area contributed by atoms with Crippen LogP contribution in [0.1, 0.15) is 24.3 Å². The van der Waals surface area contributed by atoms with Crippen molar-refractivity contribution in [1.82, 2.24) is 9.78 Å². The fourth-order valence-electron chi connectivity index (χ4n) is 2.72. The summed E-state index contributed by atoms with van der Waals surface area (Å²) >= 11 is 0.975. The molecular weight excluding hydrogens is 455 g/mol. The Kier molecular flexibility index (Phi) is 6.67. The smallest absolute Gasteiger partial charge is 0.461 e. The standard InChI is InChI=1S/C19H16F3N3O6S/c1-3-29-17(27)14-12-9-32-15(23-18(28)30-4-2)13(12)16(26)25(24-14)10-5-7-11(8-6-10)31-19(20,21)22/h5-9H,3-4H2,1-2H3,(H,23,28). The number of alkyl halides is 3. The van der Waals surface area contributed by atoms with Gasteiger partial charge in [0.25, 0.3) is 5.56 Å². The molecule has 2 aromatic heterocycles. The van der Waals surface area contributed by atoms with Crippen LogP contribution in [0.5, 0.6) is 5.75 Å². The van der Waals surface area contributed by atoms with Gasteiger partial charge in [0.05, 0.1) is 24.3 Å². The van der Waals surface area contributed by atoms with Crippen molar-refractivity contribution in [3.8, 4) is 11.4 Å². The van der Waals surface area contributed by atoms with E-state index in [0.717, 1.165) is 28.2 Å². The third-order valence-corrected chi connectivity index (χ3v) is 4.82. The van der Waals surface area contributed by atoms with Crippen molar-refractivity contribution in [3.05, 3.63) is 45.7 Å². The van der Waals surface area contributed by atoms with Crippen LogP contribution in [-0.4, -0.2) is 41.4 Å². The zero-order valence-corrected chi connectivity index (χ0v) is 17.5. The number of carbonyl (C=O) groups is 2. The molecule has 0 aliphatic rings. The number of benzene rings is 1. The molecule has 0 unspecified atom stereocenters. The second kappa shape index (κ2) is 9.26. The molecule has 13 heteroatoms. The number of aromatic nitrogens is 2. The number of amides is 1. The topological polar surface area (TPSA) is 109 Å². The third kappa shape index (κ3) is 4.99. The van der Waals surface area contributed by atoms with Crippen molar-refractivity contribution < 1.29 is 37.0 Å². The minimum Gasteiger partial charge on any atom is -0.461 e. The van der Waals surface area contributed by atoms with Gasteiger partial charge in [-0.2, -0.15) is 9.78 Å². The van der Waals surface area contributed by atoms with Crippen LogP contribution in [0.25, 0.3) is 16.5 Å². The minimum atomic E-state index is -4.88. The molecule has 3 aromatic rings. The maximum Gasteiger partial charge on any atom is 0.573 e. The Morgan fingerprint density at radius 3 is 2.38 bits per heavy atom. The number of nitrogens with one attached hydrogen (secondary N) is 1. The van der Waals surface area contributed by atoms with Gasteiger partial charge in [-0.25, -0.2) is 9.59 Å². The van der Waals surface area contributed by atoms with E-state index in [4.69, 9.17) is 9.47 Å². The molecule has 1 aromatic carbocycles. The first-order chi connectivity index (χ1) is 15.1. The van der Waals surface area contributed by atoms with E-state index in [-0.39, 0.29) is 40.4 Å². The van der Waals surface area contributed by atoms with E-state index in [1.165, 1.54) is 17.5 Å². The molecule has 32 heavy (non-hydrogen) atoms. The van der Waals surface area contributed by atoms with E-state index in [1.807, 2.05) is 0 Å². The van der Waals surface area contributed by atoms with Gasteiger partial charge in [-0.05, 0) is 38.1 Å². The summed E-state index contributed by atoms with van der Waals surface area (Å²) in [6.07, 6.45) is -5.68. The van der Waals surface area contributed by atoms with E-state index in [0.29, 0.717) is 0 Å². The maximum atomic E-state index is 13.1. The minimum absolute atomic E-state index is 0.0308. The van der Waals surface area contributed by atoms with E-state index in [9.17, 15) is 27.6 Å². The zero-order valence-electron chi connectivity index (χ0n) is 16.7. The lowest BCUT2D eigenvalue weighted by Crippen LogP contribution is -2.25. The summed E-state index contributed by atoms with van der Waals surface area (Å²) in [4.78, 5) is 37.4. The number of hydrogen-bond donors (Lipinski definition) is 1. The van der Waals surface area contributed by atoms with Crippen molar-refractivity contribution in [1.29, 1.82) is 0 Å². The highest BCUT2D eigenvalue weighted by Gasteiger charge is 2.31. The van der Waals surface area contributed by atoms with E-state index < -0.39 is 29.7 Å². The molecule has 0 saturated carbocycles. The number of carbonyl (C=O) groups excluding carboxylic acids is 2. The first kappa shape index (κ1) is 23.1. The summed E-state index contributed by atoms with van der Waals surface area (Å²) in [5, 5.41) is 8.18. The molecule has 2 heterocycles. The van der Waals surface area contributed by atoms with Gasteiger partial charge < -0.3 is 14.2 Å². The molecule has 0 aliphatic heterocycles. The van der Waals surface area contributed by atoms with E-state index in [1.54, 1.807) is 13.8 Å². The largest absolute Gasteiger partial charge is 0.573 e. The number of thiophene rings is 1. The lowest BCUT2D eigenvalue weighted by Gasteiger charge is -2.11. The molecule has 0 atom stereocenters. The monoisotopic (exact) mass is 471 g/mol. The quantitative estimate of drug-likeness (QED) is 0.540. The molecule has 0 radical (unpaired) electrons. The normalized spacial score (nSPS) is 11.3. The maximum absolute atomic E-state index is 13.1. The number of nitrogens with zero attached hydrogens (tertiary/aromatic N) is 2. The van der Waals surface area contributed by atoms with Gasteiger partial charge in [0.1, 0.15) is 10.8 Å². The SMILES string of the molecule is CCOC(=O)Nc1scc2c(C(=O)OCC)nn(-c3ccc(OC(F)(F)F)cc3)c(=O)c12. The Balaban J connectivity index is 2.15. The molecule has 9 nitrogen and oxygen atoms in total. The fourth-order valence-corrected chi connectivity index (χ4v) is 3.64. The van der Waals surface area contributed by atoms with Crippen LogP contribution in [0.4, 0.5) is 23.0 Å². The molecule has 0 bridgehead atoms. The van der Waals surface area contributed by atoms with Crippen LogP contribution < -0.4 is 15.6 Å². The van der Waals surface area contributed by atoms with Gasteiger partial charge in [0, 0.05) is 10.8 Å². The molecule has 1 amide bonds. The third-order valence-electron chi connectivity index (χ3n) is 3.93. The Labute approximate surface area is 182 Å². The molecular formula is C19H16F3N3O6S. The number of ether oxygens (including phenoxy) is 3. The van der Waals surface area contributed by atoms with Crippen LogP contribution in [0.3, 0.4) is 0 Å². The van der Waals surface area contributed by atoms with E-state index >= 15 is 0 Å². The van der Waals surface area contributed by atoms with Gasteiger partial charge in [0.2, 0.25) is 0 Å².